The van der Waals surface area contributed by atoms with Crippen molar-refractivity contribution in [1.29, 1.82) is 0 Å². The van der Waals surface area contributed by atoms with Crippen molar-refractivity contribution in [2.75, 3.05) is 36.4 Å². The number of nitrogens with zero attached hydrogens (tertiary/aromatic N) is 5. The van der Waals surface area contributed by atoms with Gasteiger partial charge in [-0.15, -0.1) is 0 Å². The minimum Gasteiger partial charge on any atom is -0.365 e. The van der Waals surface area contributed by atoms with E-state index in [4.69, 9.17) is 0 Å². The normalized spacial score (nSPS) is 19.8. The Labute approximate surface area is 172 Å². The number of pyridine rings is 1. The monoisotopic (exact) mass is 394 g/mol. The molecular formula is C22H30N6O. The Morgan fingerprint density at radius 3 is 2.83 bits per heavy atom. The van der Waals surface area contributed by atoms with Crippen LogP contribution in [0.15, 0.2) is 30.7 Å². The molecule has 0 saturated carbocycles. The first kappa shape index (κ1) is 19.6. The Hall–Kier alpha value is -2.70. The minimum absolute atomic E-state index is 0.0938. The van der Waals surface area contributed by atoms with Crippen LogP contribution in [0.25, 0.3) is 0 Å². The maximum absolute atomic E-state index is 13.0. The number of anilines is 2. The summed E-state index contributed by atoms with van der Waals surface area (Å²) in [7, 11) is 0. The van der Waals surface area contributed by atoms with E-state index in [2.05, 4.69) is 38.2 Å². The third-order valence-electron chi connectivity index (χ3n) is 5.84. The molecule has 2 aromatic heterocycles. The zero-order valence-electron chi connectivity index (χ0n) is 17.2. The topological polar surface area (TPSA) is 74.2 Å². The van der Waals surface area contributed by atoms with Crippen LogP contribution in [-0.2, 0) is 6.42 Å². The first-order chi connectivity index (χ1) is 14.2. The van der Waals surface area contributed by atoms with Crippen LogP contribution >= 0.6 is 0 Å². The number of carbonyl (C=O) groups is 1. The van der Waals surface area contributed by atoms with E-state index in [0.717, 1.165) is 69.8 Å². The summed E-state index contributed by atoms with van der Waals surface area (Å²) in [5.74, 6) is 1.78. The fourth-order valence-electron chi connectivity index (χ4n) is 4.21. The van der Waals surface area contributed by atoms with E-state index in [1.165, 1.54) is 6.42 Å². The molecule has 2 saturated heterocycles. The van der Waals surface area contributed by atoms with Crippen molar-refractivity contribution in [3.05, 3.63) is 42.0 Å². The Balaban J connectivity index is 1.47. The standard InChI is InChI=1S/C22H30N6O/c1-2-17-14-20(25-16-24-17)28-13-7-8-18(15-28)26-21-19(9-6-10-23-21)22(29)27-11-4-3-5-12-27/h6,9-10,14,16,18H,2-5,7-8,11-13,15H2,1H3,(H,23,26). The van der Waals surface area contributed by atoms with E-state index in [1.807, 2.05) is 17.0 Å². The van der Waals surface area contributed by atoms with Crippen molar-refractivity contribution in [2.45, 2.75) is 51.5 Å². The Kier molecular flexibility index (Phi) is 6.22. The highest BCUT2D eigenvalue weighted by Gasteiger charge is 2.25. The fraction of sp³-hybridized carbons (Fsp3) is 0.545. The predicted octanol–water partition coefficient (Wildman–Crippen LogP) is 3.14. The summed E-state index contributed by atoms with van der Waals surface area (Å²) in [5, 5.41) is 3.55. The van der Waals surface area contributed by atoms with Gasteiger partial charge in [0.2, 0.25) is 0 Å². The van der Waals surface area contributed by atoms with Crippen LogP contribution < -0.4 is 10.2 Å². The molecule has 1 N–H and O–H groups in total. The van der Waals surface area contributed by atoms with E-state index in [-0.39, 0.29) is 11.9 Å². The van der Waals surface area contributed by atoms with Crippen molar-refractivity contribution < 1.29 is 4.79 Å². The van der Waals surface area contributed by atoms with Crippen molar-refractivity contribution >= 4 is 17.5 Å². The van der Waals surface area contributed by atoms with Gasteiger partial charge in [0.25, 0.3) is 5.91 Å². The molecule has 0 aliphatic carbocycles. The molecule has 0 spiro atoms. The molecular weight excluding hydrogens is 364 g/mol. The van der Waals surface area contributed by atoms with E-state index >= 15 is 0 Å². The smallest absolute Gasteiger partial charge is 0.257 e. The summed E-state index contributed by atoms with van der Waals surface area (Å²) in [5.41, 5.74) is 1.74. The molecule has 4 rings (SSSR count). The number of amides is 1. The van der Waals surface area contributed by atoms with E-state index in [1.54, 1.807) is 12.5 Å². The van der Waals surface area contributed by atoms with Gasteiger partial charge >= 0.3 is 0 Å². The van der Waals surface area contributed by atoms with Crippen LogP contribution in [-0.4, -0.2) is 58.0 Å². The first-order valence-electron chi connectivity index (χ1n) is 10.8. The SMILES string of the molecule is CCc1cc(N2CCCC(Nc3ncccc3C(=O)N3CCCCC3)C2)ncn1. The lowest BCUT2D eigenvalue weighted by Gasteiger charge is -2.34. The van der Waals surface area contributed by atoms with E-state index in [0.29, 0.717) is 11.4 Å². The molecule has 7 heteroatoms. The number of hydrogen-bond donors (Lipinski definition) is 1. The second-order valence-corrected chi connectivity index (χ2v) is 7.90. The highest BCUT2D eigenvalue weighted by molar-refractivity contribution is 5.98. The summed E-state index contributed by atoms with van der Waals surface area (Å²) in [6.45, 7) is 5.62. The predicted molar refractivity (Wildman–Crippen MR) is 114 cm³/mol. The first-order valence-corrected chi connectivity index (χ1v) is 10.8. The number of aryl methyl sites for hydroxylation is 1. The highest BCUT2D eigenvalue weighted by atomic mass is 16.2. The molecule has 4 heterocycles. The van der Waals surface area contributed by atoms with Gasteiger partial charge in [0.15, 0.2) is 0 Å². The lowest BCUT2D eigenvalue weighted by atomic mass is 10.0. The molecule has 7 nitrogen and oxygen atoms in total. The highest BCUT2D eigenvalue weighted by Crippen LogP contribution is 2.23. The van der Waals surface area contributed by atoms with Crippen molar-refractivity contribution in [3.8, 4) is 0 Å². The molecule has 0 bridgehead atoms. The van der Waals surface area contributed by atoms with Gasteiger partial charge in [0, 0.05) is 50.2 Å². The average molecular weight is 395 g/mol. The van der Waals surface area contributed by atoms with Gasteiger partial charge in [-0.05, 0) is 50.7 Å². The van der Waals surface area contributed by atoms with Crippen LogP contribution in [0.1, 0.15) is 55.1 Å². The van der Waals surface area contributed by atoms with Gasteiger partial charge in [0.1, 0.15) is 18.0 Å². The van der Waals surface area contributed by atoms with Crippen LogP contribution in [0.4, 0.5) is 11.6 Å². The third kappa shape index (κ3) is 4.66. The minimum atomic E-state index is 0.0938. The van der Waals surface area contributed by atoms with Crippen molar-refractivity contribution in [1.82, 2.24) is 19.9 Å². The van der Waals surface area contributed by atoms with Crippen LogP contribution in [0.2, 0.25) is 0 Å². The summed E-state index contributed by atoms with van der Waals surface area (Å²) >= 11 is 0. The molecule has 2 aromatic rings. The van der Waals surface area contributed by atoms with Gasteiger partial charge in [0.05, 0.1) is 5.56 Å². The number of aromatic nitrogens is 3. The van der Waals surface area contributed by atoms with E-state index < -0.39 is 0 Å². The second-order valence-electron chi connectivity index (χ2n) is 7.90. The molecule has 1 amide bonds. The summed E-state index contributed by atoms with van der Waals surface area (Å²) in [6, 6.07) is 6.05. The molecule has 0 radical (unpaired) electrons. The Morgan fingerprint density at radius 2 is 2.00 bits per heavy atom. The number of piperidine rings is 2. The molecule has 29 heavy (non-hydrogen) atoms. The largest absolute Gasteiger partial charge is 0.365 e. The summed E-state index contributed by atoms with van der Waals surface area (Å²) in [6.07, 6.45) is 9.83. The number of hydrogen-bond acceptors (Lipinski definition) is 6. The van der Waals surface area contributed by atoms with Crippen LogP contribution in [0.3, 0.4) is 0 Å². The van der Waals surface area contributed by atoms with Gasteiger partial charge in [-0.3, -0.25) is 4.79 Å². The van der Waals surface area contributed by atoms with Gasteiger partial charge in [-0.25, -0.2) is 15.0 Å². The quantitative estimate of drug-likeness (QED) is 0.840. The van der Waals surface area contributed by atoms with Crippen molar-refractivity contribution in [2.24, 2.45) is 0 Å². The summed E-state index contributed by atoms with van der Waals surface area (Å²) < 4.78 is 0. The maximum atomic E-state index is 13.0. The molecule has 1 atom stereocenters. The van der Waals surface area contributed by atoms with Crippen molar-refractivity contribution in [3.63, 3.8) is 0 Å². The Morgan fingerprint density at radius 1 is 1.14 bits per heavy atom. The average Bonchev–Trinajstić information content (AvgIpc) is 2.80. The molecule has 2 aliphatic rings. The molecule has 0 aromatic carbocycles. The lowest BCUT2D eigenvalue weighted by Crippen LogP contribution is -2.43. The third-order valence-corrected chi connectivity index (χ3v) is 5.84. The zero-order valence-corrected chi connectivity index (χ0v) is 17.2. The molecule has 154 valence electrons. The molecule has 2 fully saturated rings. The maximum Gasteiger partial charge on any atom is 0.257 e. The summed E-state index contributed by atoms with van der Waals surface area (Å²) in [4.78, 5) is 30.6. The van der Waals surface area contributed by atoms with E-state index in [9.17, 15) is 4.79 Å². The number of rotatable bonds is 5. The number of carbonyl (C=O) groups excluding carboxylic acids is 1. The number of likely N-dealkylation sites (tertiary alicyclic amines) is 1. The van der Waals surface area contributed by atoms with Gasteiger partial charge < -0.3 is 15.1 Å². The van der Waals surface area contributed by atoms with Crippen LogP contribution in [0, 0.1) is 0 Å². The van der Waals surface area contributed by atoms with Gasteiger partial charge in [-0.1, -0.05) is 6.92 Å². The molecule has 2 aliphatic heterocycles. The molecule has 1 unspecified atom stereocenters. The Bertz CT molecular complexity index is 836. The lowest BCUT2D eigenvalue weighted by molar-refractivity contribution is 0.0725. The second kappa shape index (κ2) is 9.20. The zero-order chi connectivity index (χ0) is 20.1. The van der Waals surface area contributed by atoms with Gasteiger partial charge in [-0.2, -0.15) is 0 Å². The fourth-order valence-corrected chi connectivity index (χ4v) is 4.21. The number of nitrogens with one attached hydrogen (secondary N) is 1. The van der Waals surface area contributed by atoms with Crippen LogP contribution in [0.5, 0.6) is 0 Å².